The maximum absolute atomic E-state index is 10.3. The second-order valence-corrected chi connectivity index (χ2v) is 6.43. The Bertz CT molecular complexity index is 470. The predicted octanol–water partition coefficient (Wildman–Crippen LogP) is -5.56. The van der Waals surface area contributed by atoms with Gasteiger partial charge in [-0.2, -0.15) is 0 Å². The molecule has 13 N–H and O–H groups in total. The van der Waals surface area contributed by atoms with Gasteiger partial charge in [-0.25, -0.2) is 0 Å². The Labute approximate surface area is 144 Å². The molecule has 25 heavy (non-hydrogen) atoms. The molecule has 2 fully saturated rings. The molecule has 1 saturated heterocycles. The standard InChI is InChI=1S/C13H27N5O7/c14-3-1-4(18-13(16)17)7(20)10(23)11(3)25-12-6(15)9(22)8(21)5(2-19)24-12/h3-12,19-23H,1-2,14-15H2,(H4,16,17,18)/t3?,4?,5?,6-,7+,8+,9-,10+,11+,12+/m0/s1. The molecule has 1 aliphatic carbocycles. The molecule has 0 spiro atoms. The summed E-state index contributed by atoms with van der Waals surface area (Å²) >= 11 is 0. The summed E-state index contributed by atoms with van der Waals surface area (Å²) in [5.74, 6) is -0.372. The Hall–Kier alpha value is -1.09. The van der Waals surface area contributed by atoms with Gasteiger partial charge >= 0.3 is 0 Å². The van der Waals surface area contributed by atoms with Gasteiger partial charge in [-0.05, 0) is 6.42 Å². The fraction of sp³-hybridized carbons (Fsp3) is 0.923. The highest BCUT2D eigenvalue weighted by Gasteiger charge is 2.48. The van der Waals surface area contributed by atoms with Crippen LogP contribution in [0.2, 0.25) is 0 Å². The summed E-state index contributed by atoms with van der Waals surface area (Å²) in [6.45, 7) is -0.572. The molecule has 1 aliphatic heterocycles. The lowest BCUT2D eigenvalue weighted by Crippen LogP contribution is -2.68. The van der Waals surface area contributed by atoms with Crippen molar-refractivity contribution < 1.29 is 35.0 Å². The Morgan fingerprint density at radius 2 is 1.76 bits per heavy atom. The number of nitrogens with one attached hydrogen (secondary N) is 2. The maximum Gasteiger partial charge on any atom is 0.186 e. The first-order chi connectivity index (χ1) is 11.7. The zero-order valence-corrected chi connectivity index (χ0v) is 13.5. The van der Waals surface area contributed by atoms with Crippen LogP contribution in [-0.4, -0.2) is 99.1 Å². The number of ether oxygens (including phenoxy) is 2. The van der Waals surface area contributed by atoms with E-state index in [2.05, 4.69) is 5.32 Å². The predicted molar refractivity (Wildman–Crippen MR) is 84.1 cm³/mol. The number of rotatable bonds is 4. The lowest BCUT2D eigenvalue weighted by Gasteiger charge is -2.46. The molecule has 0 bridgehead atoms. The summed E-state index contributed by atoms with van der Waals surface area (Å²) in [4.78, 5) is 0. The van der Waals surface area contributed by atoms with Gasteiger partial charge in [0, 0.05) is 6.04 Å². The van der Waals surface area contributed by atoms with E-state index in [0.717, 1.165) is 0 Å². The number of hydrogen-bond acceptors (Lipinski definition) is 10. The molecule has 12 heteroatoms. The van der Waals surface area contributed by atoms with Gasteiger partial charge in [-0.15, -0.1) is 0 Å². The Morgan fingerprint density at radius 3 is 2.32 bits per heavy atom. The highest BCUT2D eigenvalue weighted by Crippen LogP contribution is 2.27. The minimum Gasteiger partial charge on any atom is -0.394 e. The minimum absolute atomic E-state index is 0.138. The molecule has 3 unspecified atom stereocenters. The van der Waals surface area contributed by atoms with Gasteiger partial charge in [-0.1, -0.05) is 0 Å². The van der Waals surface area contributed by atoms with Crippen LogP contribution in [0, 0.1) is 5.41 Å². The smallest absolute Gasteiger partial charge is 0.186 e. The van der Waals surface area contributed by atoms with Gasteiger partial charge in [0.15, 0.2) is 12.2 Å². The van der Waals surface area contributed by atoms with Crippen LogP contribution >= 0.6 is 0 Å². The molecule has 1 saturated carbocycles. The third-order valence-corrected chi connectivity index (χ3v) is 4.61. The van der Waals surface area contributed by atoms with Crippen molar-refractivity contribution >= 4 is 5.96 Å². The molecule has 1 heterocycles. The Balaban J connectivity index is 2.07. The SMILES string of the molecule is N=C(N)NC1CC(N)[C@@H](O[C@H]2OC(CO)[C@@H](O)[C@@H](O)[C@@H]2N)[C@H](O)[C@@H]1O. The molecule has 2 aliphatic rings. The van der Waals surface area contributed by atoms with E-state index in [9.17, 15) is 25.5 Å². The van der Waals surface area contributed by atoms with Gasteiger partial charge in [-0.3, -0.25) is 5.41 Å². The van der Waals surface area contributed by atoms with E-state index in [1.807, 2.05) is 0 Å². The van der Waals surface area contributed by atoms with Crippen molar-refractivity contribution in [3.05, 3.63) is 0 Å². The number of guanidine groups is 1. The van der Waals surface area contributed by atoms with Crippen molar-refractivity contribution in [3.8, 4) is 0 Å². The monoisotopic (exact) mass is 365 g/mol. The van der Waals surface area contributed by atoms with Crippen LogP contribution in [0.15, 0.2) is 0 Å². The average Bonchev–Trinajstić information content (AvgIpc) is 2.55. The molecule has 146 valence electrons. The molecule has 0 radical (unpaired) electrons. The first-order valence-corrected chi connectivity index (χ1v) is 7.93. The first-order valence-electron chi connectivity index (χ1n) is 7.93. The van der Waals surface area contributed by atoms with Crippen molar-refractivity contribution in [1.29, 1.82) is 5.41 Å². The van der Waals surface area contributed by atoms with E-state index in [4.69, 9.17) is 32.1 Å². The second kappa shape index (κ2) is 8.07. The van der Waals surface area contributed by atoms with Gasteiger partial charge < -0.3 is 57.5 Å². The van der Waals surface area contributed by atoms with Crippen molar-refractivity contribution in [2.75, 3.05) is 6.61 Å². The van der Waals surface area contributed by atoms with Crippen LogP contribution in [0.5, 0.6) is 0 Å². The lowest BCUT2D eigenvalue weighted by molar-refractivity contribution is -0.294. The van der Waals surface area contributed by atoms with Crippen molar-refractivity contribution in [2.24, 2.45) is 17.2 Å². The molecule has 12 nitrogen and oxygen atoms in total. The van der Waals surface area contributed by atoms with Gasteiger partial charge in [0.05, 0.1) is 18.7 Å². The van der Waals surface area contributed by atoms with Crippen LogP contribution in [0.4, 0.5) is 0 Å². The van der Waals surface area contributed by atoms with Crippen molar-refractivity contribution in [1.82, 2.24) is 5.32 Å². The molecule has 0 aromatic heterocycles. The molecule has 0 amide bonds. The Kier molecular flexibility index (Phi) is 6.53. The first kappa shape index (κ1) is 20.2. The molecule has 0 aromatic rings. The van der Waals surface area contributed by atoms with E-state index in [1.165, 1.54) is 0 Å². The summed E-state index contributed by atoms with van der Waals surface area (Å²) < 4.78 is 10.9. The highest BCUT2D eigenvalue weighted by atomic mass is 16.7. The van der Waals surface area contributed by atoms with E-state index in [-0.39, 0.29) is 12.4 Å². The average molecular weight is 365 g/mol. The normalized spacial score (nSPS) is 48.1. The molecule has 2 rings (SSSR count). The largest absolute Gasteiger partial charge is 0.394 e. The second-order valence-electron chi connectivity index (χ2n) is 6.43. The maximum atomic E-state index is 10.3. The summed E-state index contributed by atoms with van der Waals surface area (Å²) in [7, 11) is 0. The quantitative estimate of drug-likeness (QED) is 0.166. The molecular weight excluding hydrogens is 338 g/mol. The molecule has 10 atom stereocenters. The zero-order valence-electron chi connectivity index (χ0n) is 13.5. The third kappa shape index (κ3) is 4.19. The van der Waals surface area contributed by atoms with E-state index in [0.29, 0.717) is 0 Å². The van der Waals surface area contributed by atoms with Crippen LogP contribution in [0.1, 0.15) is 6.42 Å². The minimum atomic E-state index is -1.44. The number of aliphatic hydroxyl groups is 5. The van der Waals surface area contributed by atoms with Gasteiger partial charge in [0.2, 0.25) is 0 Å². The molecule has 0 aromatic carbocycles. The summed E-state index contributed by atoms with van der Waals surface area (Å²) in [6, 6.07) is -2.65. The molecular formula is C13H27N5O7. The van der Waals surface area contributed by atoms with Crippen molar-refractivity contribution in [3.63, 3.8) is 0 Å². The van der Waals surface area contributed by atoms with E-state index in [1.54, 1.807) is 0 Å². The Morgan fingerprint density at radius 1 is 1.12 bits per heavy atom. The topological polar surface area (TPSA) is 234 Å². The van der Waals surface area contributed by atoms with Crippen LogP contribution in [0.25, 0.3) is 0 Å². The van der Waals surface area contributed by atoms with Crippen LogP contribution in [-0.2, 0) is 9.47 Å². The van der Waals surface area contributed by atoms with Gasteiger partial charge in [0.25, 0.3) is 0 Å². The van der Waals surface area contributed by atoms with E-state index >= 15 is 0 Å². The number of hydrogen-bond donors (Lipinski definition) is 10. The zero-order chi connectivity index (χ0) is 18.9. The number of nitrogens with two attached hydrogens (primary N) is 3. The fourth-order valence-electron chi connectivity index (χ4n) is 3.16. The highest BCUT2D eigenvalue weighted by molar-refractivity contribution is 5.74. The van der Waals surface area contributed by atoms with Crippen LogP contribution < -0.4 is 22.5 Å². The third-order valence-electron chi connectivity index (χ3n) is 4.61. The summed E-state index contributed by atoms with van der Waals surface area (Å²) in [5.41, 5.74) is 17.0. The van der Waals surface area contributed by atoms with Gasteiger partial charge in [0.1, 0.15) is 36.6 Å². The number of aliphatic hydroxyl groups excluding tert-OH is 5. The summed E-state index contributed by atoms with van der Waals surface area (Å²) in [5, 5.41) is 59.1. The van der Waals surface area contributed by atoms with Crippen LogP contribution in [0.3, 0.4) is 0 Å². The van der Waals surface area contributed by atoms with Crippen molar-refractivity contribution in [2.45, 2.75) is 67.5 Å². The lowest BCUT2D eigenvalue weighted by atomic mass is 9.84. The van der Waals surface area contributed by atoms with E-state index < -0.39 is 67.6 Å². The summed E-state index contributed by atoms with van der Waals surface area (Å²) in [6.07, 6.45) is -8.88. The fourth-order valence-corrected chi connectivity index (χ4v) is 3.16.